The summed E-state index contributed by atoms with van der Waals surface area (Å²) in [5.74, 6) is 0.363. The second-order valence-corrected chi connectivity index (χ2v) is 4.33. The number of rotatable bonds is 7. The summed E-state index contributed by atoms with van der Waals surface area (Å²) in [6.07, 6.45) is 5.92. The summed E-state index contributed by atoms with van der Waals surface area (Å²) >= 11 is 0. The minimum atomic E-state index is -0.362. The van der Waals surface area contributed by atoms with Crippen LogP contribution in [0.4, 0.5) is 0 Å². The molecule has 1 aromatic rings. The third kappa shape index (κ3) is 3.08. The van der Waals surface area contributed by atoms with Crippen molar-refractivity contribution in [2.24, 2.45) is 5.92 Å². The van der Waals surface area contributed by atoms with E-state index in [-0.39, 0.29) is 6.10 Å². The SMILES string of the molecule is CCCCC(CC)C(O)c1ccnn1CC. The van der Waals surface area contributed by atoms with Gasteiger partial charge in [-0.1, -0.05) is 33.1 Å². The minimum absolute atomic E-state index is 0.362. The highest BCUT2D eigenvalue weighted by molar-refractivity contribution is 5.05. The Balaban J connectivity index is 2.70. The number of aromatic nitrogens is 2. The second kappa shape index (κ2) is 6.69. The summed E-state index contributed by atoms with van der Waals surface area (Å²) in [5.41, 5.74) is 0.963. The monoisotopic (exact) mass is 224 g/mol. The predicted molar refractivity (Wildman–Crippen MR) is 66.2 cm³/mol. The number of aliphatic hydroxyl groups excluding tert-OH is 1. The summed E-state index contributed by atoms with van der Waals surface area (Å²) in [4.78, 5) is 0. The van der Waals surface area contributed by atoms with Crippen LogP contribution in [0.3, 0.4) is 0 Å². The molecule has 1 rings (SSSR count). The molecule has 92 valence electrons. The number of hydrogen-bond acceptors (Lipinski definition) is 2. The average Bonchev–Trinajstić information content (AvgIpc) is 2.77. The van der Waals surface area contributed by atoms with Crippen molar-refractivity contribution >= 4 is 0 Å². The maximum atomic E-state index is 10.3. The van der Waals surface area contributed by atoms with Crippen molar-refractivity contribution in [3.63, 3.8) is 0 Å². The van der Waals surface area contributed by atoms with Crippen LogP contribution < -0.4 is 0 Å². The van der Waals surface area contributed by atoms with Crippen molar-refractivity contribution in [3.05, 3.63) is 18.0 Å². The Bertz CT molecular complexity index is 296. The van der Waals surface area contributed by atoms with Gasteiger partial charge in [-0.05, 0) is 25.3 Å². The molecular weight excluding hydrogens is 200 g/mol. The van der Waals surface area contributed by atoms with Gasteiger partial charge in [-0.3, -0.25) is 4.68 Å². The molecule has 0 spiro atoms. The van der Waals surface area contributed by atoms with E-state index >= 15 is 0 Å². The fourth-order valence-corrected chi connectivity index (χ4v) is 2.15. The molecule has 2 unspecified atom stereocenters. The summed E-state index contributed by atoms with van der Waals surface area (Å²) < 4.78 is 1.89. The largest absolute Gasteiger partial charge is 0.387 e. The highest BCUT2D eigenvalue weighted by Crippen LogP contribution is 2.28. The normalized spacial score (nSPS) is 15.0. The zero-order valence-corrected chi connectivity index (χ0v) is 10.7. The third-order valence-corrected chi connectivity index (χ3v) is 3.25. The Labute approximate surface area is 98.5 Å². The van der Waals surface area contributed by atoms with E-state index in [1.807, 2.05) is 10.7 Å². The molecule has 0 aliphatic heterocycles. The van der Waals surface area contributed by atoms with Gasteiger partial charge in [-0.2, -0.15) is 5.10 Å². The summed E-state index contributed by atoms with van der Waals surface area (Å²) in [6, 6.07) is 1.93. The zero-order chi connectivity index (χ0) is 12.0. The number of nitrogens with zero attached hydrogens (tertiary/aromatic N) is 2. The first-order chi connectivity index (χ1) is 7.74. The molecule has 0 radical (unpaired) electrons. The van der Waals surface area contributed by atoms with E-state index in [2.05, 4.69) is 25.9 Å². The molecule has 0 aliphatic rings. The molecule has 1 aromatic heterocycles. The molecule has 16 heavy (non-hydrogen) atoms. The fraction of sp³-hybridized carbons (Fsp3) is 0.769. The number of aliphatic hydroxyl groups is 1. The lowest BCUT2D eigenvalue weighted by molar-refractivity contribution is 0.0902. The molecule has 0 bridgehead atoms. The van der Waals surface area contributed by atoms with Crippen LogP contribution in [0.2, 0.25) is 0 Å². The maximum absolute atomic E-state index is 10.3. The Morgan fingerprint density at radius 2 is 2.12 bits per heavy atom. The van der Waals surface area contributed by atoms with Crippen molar-refractivity contribution in [3.8, 4) is 0 Å². The first kappa shape index (κ1) is 13.2. The quantitative estimate of drug-likeness (QED) is 0.772. The maximum Gasteiger partial charge on any atom is 0.0984 e. The van der Waals surface area contributed by atoms with Crippen LogP contribution in [-0.4, -0.2) is 14.9 Å². The van der Waals surface area contributed by atoms with E-state index in [4.69, 9.17) is 0 Å². The van der Waals surface area contributed by atoms with Crippen molar-refractivity contribution < 1.29 is 5.11 Å². The van der Waals surface area contributed by atoms with Gasteiger partial charge in [-0.25, -0.2) is 0 Å². The molecule has 0 amide bonds. The minimum Gasteiger partial charge on any atom is -0.387 e. The first-order valence-corrected chi connectivity index (χ1v) is 6.44. The molecule has 3 heteroatoms. The van der Waals surface area contributed by atoms with Gasteiger partial charge >= 0.3 is 0 Å². The Hall–Kier alpha value is -0.830. The number of aryl methyl sites for hydroxylation is 1. The van der Waals surface area contributed by atoms with E-state index in [0.29, 0.717) is 5.92 Å². The van der Waals surface area contributed by atoms with Crippen LogP contribution in [0.15, 0.2) is 12.3 Å². The van der Waals surface area contributed by atoms with Crippen LogP contribution in [0.25, 0.3) is 0 Å². The summed E-state index contributed by atoms with van der Waals surface area (Å²) in [5, 5.41) is 14.6. The smallest absolute Gasteiger partial charge is 0.0984 e. The molecule has 2 atom stereocenters. The molecule has 1 heterocycles. The molecule has 0 aromatic carbocycles. The highest BCUT2D eigenvalue weighted by atomic mass is 16.3. The van der Waals surface area contributed by atoms with Crippen molar-refractivity contribution in [2.45, 2.75) is 59.1 Å². The molecule has 0 saturated heterocycles. The van der Waals surface area contributed by atoms with Crippen molar-refractivity contribution in [1.82, 2.24) is 9.78 Å². The molecular formula is C13H24N2O. The van der Waals surface area contributed by atoms with Crippen LogP contribution in [0.1, 0.15) is 58.3 Å². The Morgan fingerprint density at radius 3 is 2.69 bits per heavy atom. The van der Waals surface area contributed by atoms with Crippen molar-refractivity contribution in [2.75, 3.05) is 0 Å². The van der Waals surface area contributed by atoms with Gasteiger partial charge in [0.1, 0.15) is 0 Å². The fourth-order valence-electron chi connectivity index (χ4n) is 2.15. The summed E-state index contributed by atoms with van der Waals surface area (Å²) in [6.45, 7) is 7.21. The van der Waals surface area contributed by atoms with Gasteiger partial charge in [0.05, 0.1) is 11.8 Å². The van der Waals surface area contributed by atoms with E-state index in [0.717, 1.165) is 25.1 Å². The van der Waals surface area contributed by atoms with E-state index < -0.39 is 0 Å². The van der Waals surface area contributed by atoms with Crippen LogP contribution >= 0.6 is 0 Å². The highest BCUT2D eigenvalue weighted by Gasteiger charge is 2.21. The molecule has 0 aliphatic carbocycles. The average molecular weight is 224 g/mol. The lowest BCUT2D eigenvalue weighted by Crippen LogP contribution is -2.16. The number of unbranched alkanes of at least 4 members (excludes halogenated alkanes) is 1. The van der Waals surface area contributed by atoms with Gasteiger partial charge < -0.3 is 5.11 Å². The zero-order valence-electron chi connectivity index (χ0n) is 10.7. The van der Waals surface area contributed by atoms with Crippen LogP contribution in [0, 0.1) is 5.92 Å². The Morgan fingerprint density at radius 1 is 1.38 bits per heavy atom. The molecule has 3 nitrogen and oxygen atoms in total. The van der Waals surface area contributed by atoms with Gasteiger partial charge in [0.25, 0.3) is 0 Å². The van der Waals surface area contributed by atoms with Gasteiger partial charge in [-0.15, -0.1) is 0 Å². The van der Waals surface area contributed by atoms with Crippen molar-refractivity contribution in [1.29, 1.82) is 0 Å². The van der Waals surface area contributed by atoms with E-state index in [9.17, 15) is 5.11 Å². The predicted octanol–water partition coefficient (Wildman–Crippen LogP) is 3.15. The van der Waals surface area contributed by atoms with Gasteiger partial charge in [0.2, 0.25) is 0 Å². The van der Waals surface area contributed by atoms with Gasteiger partial charge in [0.15, 0.2) is 0 Å². The van der Waals surface area contributed by atoms with Crippen LogP contribution in [0.5, 0.6) is 0 Å². The Kier molecular flexibility index (Phi) is 5.53. The lowest BCUT2D eigenvalue weighted by atomic mass is 9.91. The first-order valence-electron chi connectivity index (χ1n) is 6.44. The molecule has 0 fully saturated rings. The van der Waals surface area contributed by atoms with Crippen LogP contribution in [-0.2, 0) is 6.54 Å². The summed E-state index contributed by atoms with van der Waals surface area (Å²) in [7, 11) is 0. The standard InChI is InChI=1S/C13H24N2O/c1-4-7-8-11(5-2)13(16)12-9-10-14-15(12)6-3/h9-11,13,16H,4-8H2,1-3H3. The lowest BCUT2D eigenvalue weighted by Gasteiger charge is -2.22. The molecule has 0 saturated carbocycles. The van der Waals surface area contributed by atoms with Gasteiger partial charge in [0, 0.05) is 12.7 Å². The van der Waals surface area contributed by atoms with E-state index in [1.54, 1.807) is 6.20 Å². The molecule has 1 N–H and O–H groups in total. The third-order valence-electron chi connectivity index (χ3n) is 3.25. The topological polar surface area (TPSA) is 38.1 Å². The van der Waals surface area contributed by atoms with E-state index in [1.165, 1.54) is 12.8 Å². The second-order valence-electron chi connectivity index (χ2n) is 4.33. The number of hydrogen-bond donors (Lipinski definition) is 1.